The molecular formula is C18H20N2O4. The summed E-state index contributed by atoms with van der Waals surface area (Å²) in [4.78, 5) is 23.1. The lowest BCUT2D eigenvalue weighted by atomic mass is 10.1. The molecule has 0 aromatic heterocycles. The Morgan fingerprint density at radius 1 is 1.08 bits per heavy atom. The second-order valence-electron chi connectivity index (χ2n) is 5.11. The first kappa shape index (κ1) is 17.3. The van der Waals surface area contributed by atoms with E-state index in [1.807, 2.05) is 31.2 Å². The van der Waals surface area contributed by atoms with Gasteiger partial charge >= 0.3 is 12.2 Å². The van der Waals surface area contributed by atoms with E-state index in [0.717, 1.165) is 11.1 Å². The summed E-state index contributed by atoms with van der Waals surface area (Å²) in [6.45, 7) is 4.39. The molecule has 0 aliphatic heterocycles. The number of ether oxygens (including phenoxy) is 2. The van der Waals surface area contributed by atoms with Crippen molar-refractivity contribution >= 4 is 17.9 Å². The topological polar surface area (TPSA) is 76.7 Å². The summed E-state index contributed by atoms with van der Waals surface area (Å²) < 4.78 is 9.62. The van der Waals surface area contributed by atoms with E-state index in [1.165, 1.54) is 0 Å². The van der Waals surface area contributed by atoms with Gasteiger partial charge in [0.2, 0.25) is 0 Å². The summed E-state index contributed by atoms with van der Waals surface area (Å²) in [5, 5.41) is 5.49. The van der Waals surface area contributed by atoms with E-state index in [1.54, 1.807) is 31.2 Å². The van der Waals surface area contributed by atoms with E-state index in [9.17, 15) is 9.59 Å². The molecule has 0 heterocycles. The number of urea groups is 1. The summed E-state index contributed by atoms with van der Waals surface area (Å²) in [6, 6.07) is 14.0. The van der Waals surface area contributed by atoms with Crippen molar-refractivity contribution < 1.29 is 19.1 Å². The zero-order chi connectivity index (χ0) is 17.4. The molecule has 0 fully saturated rings. The highest BCUT2D eigenvalue weighted by Gasteiger charge is 2.06. The van der Waals surface area contributed by atoms with Gasteiger partial charge in [-0.3, -0.25) is 0 Å². The van der Waals surface area contributed by atoms with Crippen LogP contribution in [0.2, 0.25) is 0 Å². The monoisotopic (exact) mass is 328 g/mol. The van der Waals surface area contributed by atoms with Crippen molar-refractivity contribution in [3.63, 3.8) is 0 Å². The number of carbonyl (C=O) groups is 2. The Balaban J connectivity index is 1.82. The lowest BCUT2D eigenvalue weighted by Crippen LogP contribution is -2.28. The number of anilines is 1. The molecule has 2 aromatic carbocycles. The van der Waals surface area contributed by atoms with Gasteiger partial charge in [0.1, 0.15) is 5.75 Å². The van der Waals surface area contributed by atoms with Gasteiger partial charge in [-0.05, 0) is 43.7 Å². The maximum Gasteiger partial charge on any atom is 0.513 e. The lowest BCUT2D eigenvalue weighted by molar-refractivity contribution is 0.104. The van der Waals surface area contributed by atoms with E-state index < -0.39 is 6.16 Å². The van der Waals surface area contributed by atoms with Crippen LogP contribution in [-0.4, -0.2) is 18.8 Å². The molecule has 0 aliphatic rings. The Morgan fingerprint density at radius 3 is 2.50 bits per heavy atom. The van der Waals surface area contributed by atoms with Crippen LogP contribution in [0.3, 0.4) is 0 Å². The molecule has 0 bridgehead atoms. The lowest BCUT2D eigenvalue weighted by Gasteiger charge is -2.09. The number of aryl methyl sites for hydroxylation is 1. The zero-order valence-electron chi connectivity index (χ0n) is 13.7. The van der Waals surface area contributed by atoms with Crippen LogP contribution >= 0.6 is 0 Å². The minimum absolute atomic E-state index is 0.250. The number of hydrogen-bond donors (Lipinski definition) is 2. The second-order valence-corrected chi connectivity index (χ2v) is 5.11. The van der Waals surface area contributed by atoms with Crippen molar-refractivity contribution in [2.45, 2.75) is 20.4 Å². The first-order chi connectivity index (χ1) is 11.6. The summed E-state index contributed by atoms with van der Waals surface area (Å²) in [5.74, 6) is 0.346. The van der Waals surface area contributed by atoms with E-state index in [4.69, 9.17) is 4.74 Å². The van der Waals surface area contributed by atoms with Gasteiger partial charge < -0.3 is 20.1 Å². The summed E-state index contributed by atoms with van der Waals surface area (Å²) in [7, 11) is 0. The standard InChI is InChI=1S/C18H20N2O4/c1-3-23-18(22)24-16-9-7-15(8-10-16)20-17(21)19-12-14-6-4-5-13(2)11-14/h4-11H,3,12H2,1-2H3,(H2,19,20,21). The van der Waals surface area contributed by atoms with Crippen LogP contribution in [0.15, 0.2) is 48.5 Å². The predicted molar refractivity (Wildman–Crippen MR) is 91.1 cm³/mol. The molecule has 2 aromatic rings. The third-order valence-electron chi connectivity index (χ3n) is 3.11. The van der Waals surface area contributed by atoms with Crippen molar-refractivity contribution in [1.29, 1.82) is 0 Å². The predicted octanol–water partition coefficient (Wildman–Crippen LogP) is 3.85. The fraction of sp³-hybridized carbons (Fsp3) is 0.222. The summed E-state index contributed by atoms with van der Waals surface area (Å²) in [6.07, 6.45) is -0.755. The maximum atomic E-state index is 11.9. The molecule has 2 N–H and O–H groups in total. The molecule has 2 amide bonds. The third kappa shape index (κ3) is 5.64. The average Bonchev–Trinajstić information content (AvgIpc) is 2.55. The normalized spacial score (nSPS) is 9.92. The van der Waals surface area contributed by atoms with Gasteiger partial charge in [0.05, 0.1) is 6.61 Å². The number of carbonyl (C=O) groups excluding carboxylic acids is 2. The van der Waals surface area contributed by atoms with Crippen molar-refractivity contribution in [2.24, 2.45) is 0 Å². The molecule has 0 saturated heterocycles. The Morgan fingerprint density at radius 2 is 1.83 bits per heavy atom. The van der Waals surface area contributed by atoms with Gasteiger partial charge in [-0.1, -0.05) is 29.8 Å². The van der Waals surface area contributed by atoms with E-state index in [2.05, 4.69) is 15.4 Å². The van der Waals surface area contributed by atoms with Crippen LogP contribution in [0.4, 0.5) is 15.3 Å². The van der Waals surface area contributed by atoms with Crippen molar-refractivity contribution in [1.82, 2.24) is 5.32 Å². The molecular weight excluding hydrogens is 308 g/mol. The largest absolute Gasteiger partial charge is 0.513 e. The van der Waals surface area contributed by atoms with Crippen molar-refractivity contribution in [3.05, 3.63) is 59.7 Å². The fourth-order valence-corrected chi connectivity index (χ4v) is 2.03. The van der Waals surface area contributed by atoms with Gasteiger partial charge in [-0.15, -0.1) is 0 Å². The first-order valence-corrected chi connectivity index (χ1v) is 7.62. The number of nitrogens with one attached hydrogen (secondary N) is 2. The smallest absolute Gasteiger partial charge is 0.434 e. The Hall–Kier alpha value is -3.02. The van der Waals surface area contributed by atoms with E-state index in [0.29, 0.717) is 18.0 Å². The number of hydrogen-bond acceptors (Lipinski definition) is 4. The third-order valence-corrected chi connectivity index (χ3v) is 3.11. The molecule has 0 saturated carbocycles. The zero-order valence-corrected chi connectivity index (χ0v) is 13.7. The maximum absolute atomic E-state index is 11.9. The average molecular weight is 328 g/mol. The SMILES string of the molecule is CCOC(=O)Oc1ccc(NC(=O)NCc2cccc(C)c2)cc1. The van der Waals surface area contributed by atoms with Crippen molar-refractivity contribution in [3.8, 4) is 5.75 Å². The Labute approximate surface area is 140 Å². The summed E-state index contributed by atoms with van der Waals surface area (Å²) in [5.41, 5.74) is 2.77. The molecule has 2 rings (SSSR count). The molecule has 6 nitrogen and oxygen atoms in total. The van der Waals surface area contributed by atoms with Crippen LogP contribution in [0, 0.1) is 6.92 Å². The fourth-order valence-electron chi connectivity index (χ4n) is 2.03. The minimum atomic E-state index is -0.755. The van der Waals surface area contributed by atoms with Gasteiger partial charge in [-0.2, -0.15) is 0 Å². The van der Waals surface area contributed by atoms with E-state index >= 15 is 0 Å². The van der Waals surface area contributed by atoms with Gasteiger partial charge in [0.25, 0.3) is 0 Å². The molecule has 0 radical (unpaired) electrons. The van der Waals surface area contributed by atoms with Crippen LogP contribution in [-0.2, 0) is 11.3 Å². The Bertz CT molecular complexity index is 698. The molecule has 126 valence electrons. The number of benzene rings is 2. The van der Waals surface area contributed by atoms with Crippen LogP contribution in [0.5, 0.6) is 5.75 Å². The number of amides is 2. The van der Waals surface area contributed by atoms with Crippen LogP contribution < -0.4 is 15.4 Å². The summed E-state index contributed by atoms with van der Waals surface area (Å²) >= 11 is 0. The van der Waals surface area contributed by atoms with Gasteiger partial charge in [0, 0.05) is 12.2 Å². The second kappa shape index (κ2) is 8.57. The molecule has 0 spiro atoms. The van der Waals surface area contributed by atoms with Gasteiger partial charge in [0.15, 0.2) is 0 Å². The minimum Gasteiger partial charge on any atom is -0.434 e. The Kier molecular flexibility index (Phi) is 6.19. The highest BCUT2D eigenvalue weighted by atomic mass is 16.7. The first-order valence-electron chi connectivity index (χ1n) is 7.62. The molecule has 24 heavy (non-hydrogen) atoms. The number of rotatable bonds is 5. The molecule has 0 unspecified atom stereocenters. The van der Waals surface area contributed by atoms with Gasteiger partial charge in [-0.25, -0.2) is 9.59 Å². The van der Waals surface area contributed by atoms with Crippen LogP contribution in [0.1, 0.15) is 18.1 Å². The highest BCUT2D eigenvalue weighted by molar-refractivity contribution is 5.89. The molecule has 0 aliphatic carbocycles. The van der Waals surface area contributed by atoms with E-state index in [-0.39, 0.29) is 12.6 Å². The highest BCUT2D eigenvalue weighted by Crippen LogP contribution is 2.16. The molecule has 6 heteroatoms. The quantitative estimate of drug-likeness (QED) is 0.645. The van der Waals surface area contributed by atoms with Crippen molar-refractivity contribution in [2.75, 3.05) is 11.9 Å². The van der Waals surface area contributed by atoms with Crippen LogP contribution in [0.25, 0.3) is 0 Å². The molecule has 0 atom stereocenters.